The monoisotopic (exact) mass is 251 g/mol. The Morgan fingerprint density at radius 1 is 1.29 bits per heavy atom. The van der Waals surface area contributed by atoms with E-state index in [4.69, 9.17) is 5.73 Å². The number of amides is 1. The maximum atomic E-state index is 12.2. The van der Waals surface area contributed by atoms with E-state index in [0.717, 1.165) is 37.1 Å². The second-order valence-electron chi connectivity index (χ2n) is 4.80. The fraction of sp³-hybridized carbons (Fsp3) is 0.583. The lowest BCUT2D eigenvalue weighted by atomic mass is 10.3. The van der Waals surface area contributed by atoms with Gasteiger partial charge in [-0.1, -0.05) is 0 Å². The minimum absolute atomic E-state index is 0.141. The number of hydrogen-bond donors (Lipinski definition) is 1. The number of carbonyl (C=O) groups is 1. The molecular formula is C12H17N3OS. The summed E-state index contributed by atoms with van der Waals surface area (Å²) < 4.78 is 0. The first-order valence-electron chi connectivity index (χ1n) is 6.11. The summed E-state index contributed by atoms with van der Waals surface area (Å²) >= 11 is 1.44. The molecule has 2 fully saturated rings. The van der Waals surface area contributed by atoms with Crippen LogP contribution in [0, 0.1) is 0 Å². The first-order valence-corrected chi connectivity index (χ1v) is 6.99. The molecule has 0 bridgehead atoms. The molecule has 4 nitrogen and oxygen atoms in total. The molecule has 2 heterocycles. The van der Waals surface area contributed by atoms with E-state index in [1.54, 1.807) is 6.07 Å². The summed E-state index contributed by atoms with van der Waals surface area (Å²) in [6, 6.07) is 2.59. The largest absolute Gasteiger partial charge is 0.398 e. The average Bonchev–Trinajstić information content (AvgIpc) is 3.11. The zero-order valence-electron chi connectivity index (χ0n) is 9.76. The van der Waals surface area contributed by atoms with Gasteiger partial charge in [-0.15, -0.1) is 11.3 Å². The molecule has 1 aromatic heterocycles. The van der Waals surface area contributed by atoms with Gasteiger partial charge < -0.3 is 10.6 Å². The number of carbonyl (C=O) groups excluding carboxylic acids is 1. The fourth-order valence-electron chi connectivity index (χ4n) is 2.35. The second-order valence-corrected chi connectivity index (χ2v) is 5.71. The van der Waals surface area contributed by atoms with Gasteiger partial charge in [-0.3, -0.25) is 9.69 Å². The number of piperazine rings is 1. The van der Waals surface area contributed by atoms with Gasteiger partial charge in [0.25, 0.3) is 5.91 Å². The number of nitrogens with two attached hydrogens (primary N) is 1. The quantitative estimate of drug-likeness (QED) is 0.860. The maximum Gasteiger partial charge on any atom is 0.264 e. The summed E-state index contributed by atoms with van der Waals surface area (Å²) in [5, 5.41) is 1.83. The third kappa shape index (κ3) is 2.30. The molecule has 3 rings (SSSR count). The maximum absolute atomic E-state index is 12.2. The van der Waals surface area contributed by atoms with Gasteiger partial charge in [0.05, 0.1) is 4.88 Å². The molecule has 1 aliphatic carbocycles. The third-order valence-electron chi connectivity index (χ3n) is 3.50. The van der Waals surface area contributed by atoms with Gasteiger partial charge in [0.2, 0.25) is 0 Å². The number of nitrogens with zero attached hydrogens (tertiary/aromatic N) is 2. The molecule has 0 radical (unpaired) electrons. The summed E-state index contributed by atoms with van der Waals surface area (Å²) in [5.74, 6) is 0.141. The van der Waals surface area contributed by atoms with Crippen molar-refractivity contribution in [3.8, 4) is 0 Å². The van der Waals surface area contributed by atoms with Gasteiger partial charge in [-0.05, 0) is 18.9 Å². The molecule has 1 saturated heterocycles. The van der Waals surface area contributed by atoms with Crippen molar-refractivity contribution >= 4 is 22.9 Å². The van der Waals surface area contributed by atoms with Crippen molar-refractivity contribution in [2.24, 2.45) is 0 Å². The van der Waals surface area contributed by atoms with E-state index in [1.165, 1.54) is 24.2 Å². The van der Waals surface area contributed by atoms with Crippen molar-refractivity contribution in [3.63, 3.8) is 0 Å². The van der Waals surface area contributed by atoms with Gasteiger partial charge in [-0.2, -0.15) is 0 Å². The van der Waals surface area contributed by atoms with Crippen molar-refractivity contribution in [1.29, 1.82) is 0 Å². The van der Waals surface area contributed by atoms with Crippen LogP contribution in [0.4, 0.5) is 5.69 Å². The first kappa shape index (κ1) is 11.0. The van der Waals surface area contributed by atoms with Crippen molar-refractivity contribution < 1.29 is 4.79 Å². The zero-order valence-corrected chi connectivity index (χ0v) is 10.6. The first-order chi connectivity index (χ1) is 8.24. The molecule has 92 valence electrons. The molecule has 0 unspecified atom stereocenters. The Bertz CT molecular complexity index is 419. The van der Waals surface area contributed by atoms with Gasteiger partial charge in [0, 0.05) is 43.3 Å². The van der Waals surface area contributed by atoms with E-state index in [0.29, 0.717) is 5.69 Å². The summed E-state index contributed by atoms with van der Waals surface area (Å²) in [4.78, 5) is 17.4. The number of hydrogen-bond acceptors (Lipinski definition) is 4. The normalized spacial score (nSPS) is 21.8. The van der Waals surface area contributed by atoms with E-state index < -0.39 is 0 Å². The minimum atomic E-state index is 0.141. The van der Waals surface area contributed by atoms with E-state index in [2.05, 4.69) is 4.90 Å². The molecule has 1 saturated carbocycles. The average molecular weight is 251 g/mol. The second kappa shape index (κ2) is 4.31. The van der Waals surface area contributed by atoms with Crippen LogP contribution in [0.3, 0.4) is 0 Å². The van der Waals surface area contributed by atoms with Crippen LogP contribution in [0.5, 0.6) is 0 Å². The summed E-state index contributed by atoms with van der Waals surface area (Å²) in [6.45, 7) is 3.76. The highest BCUT2D eigenvalue weighted by Crippen LogP contribution is 2.28. The Morgan fingerprint density at radius 2 is 2.00 bits per heavy atom. The number of nitrogen functional groups attached to an aromatic ring is 1. The number of thiophene rings is 1. The van der Waals surface area contributed by atoms with Crippen molar-refractivity contribution in [1.82, 2.24) is 9.80 Å². The summed E-state index contributed by atoms with van der Waals surface area (Å²) in [7, 11) is 0. The van der Waals surface area contributed by atoms with Crippen LogP contribution in [-0.4, -0.2) is 47.9 Å². The smallest absolute Gasteiger partial charge is 0.264 e. The molecule has 0 aromatic carbocycles. The Labute approximate surface area is 105 Å². The van der Waals surface area contributed by atoms with Gasteiger partial charge in [0.15, 0.2) is 0 Å². The highest BCUT2D eigenvalue weighted by Gasteiger charge is 2.32. The molecule has 5 heteroatoms. The predicted octanol–water partition coefficient (Wildman–Crippen LogP) is 1.25. The van der Waals surface area contributed by atoms with Crippen molar-refractivity contribution in [2.75, 3.05) is 31.9 Å². The van der Waals surface area contributed by atoms with Gasteiger partial charge in [-0.25, -0.2) is 0 Å². The molecule has 0 spiro atoms. The standard InChI is InChI=1S/C12H17N3OS/c13-9-7-11(17-8-9)12(16)15-5-3-14(4-6-15)10-1-2-10/h7-8,10H,1-6,13H2. The molecule has 1 amide bonds. The lowest BCUT2D eigenvalue weighted by Gasteiger charge is -2.34. The third-order valence-corrected chi connectivity index (χ3v) is 4.43. The molecule has 0 atom stereocenters. The highest BCUT2D eigenvalue weighted by molar-refractivity contribution is 7.12. The molecule has 2 aliphatic rings. The van der Waals surface area contributed by atoms with Gasteiger partial charge >= 0.3 is 0 Å². The summed E-state index contributed by atoms with van der Waals surface area (Å²) in [5.41, 5.74) is 6.34. The highest BCUT2D eigenvalue weighted by atomic mass is 32.1. The Morgan fingerprint density at radius 3 is 2.53 bits per heavy atom. The lowest BCUT2D eigenvalue weighted by Crippen LogP contribution is -2.49. The Balaban J connectivity index is 1.60. The molecule has 1 aliphatic heterocycles. The lowest BCUT2D eigenvalue weighted by molar-refractivity contribution is 0.0632. The van der Waals surface area contributed by atoms with E-state index in [9.17, 15) is 4.79 Å². The van der Waals surface area contributed by atoms with Crippen LogP contribution in [0.15, 0.2) is 11.4 Å². The fourth-order valence-corrected chi connectivity index (χ4v) is 3.11. The van der Waals surface area contributed by atoms with Crippen LogP contribution in [0.1, 0.15) is 22.5 Å². The number of rotatable bonds is 2. The van der Waals surface area contributed by atoms with Crippen LogP contribution in [0.25, 0.3) is 0 Å². The minimum Gasteiger partial charge on any atom is -0.398 e. The SMILES string of the molecule is Nc1csc(C(=O)N2CCN(C3CC3)CC2)c1. The van der Waals surface area contributed by atoms with Crippen LogP contribution in [-0.2, 0) is 0 Å². The van der Waals surface area contributed by atoms with E-state index >= 15 is 0 Å². The zero-order chi connectivity index (χ0) is 11.8. The molecular weight excluding hydrogens is 234 g/mol. The Hall–Kier alpha value is -1.07. The van der Waals surface area contributed by atoms with Gasteiger partial charge in [0.1, 0.15) is 0 Å². The van der Waals surface area contributed by atoms with Crippen LogP contribution in [0.2, 0.25) is 0 Å². The number of anilines is 1. The topological polar surface area (TPSA) is 49.6 Å². The van der Waals surface area contributed by atoms with E-state index in [1.807, 2.05) is 10.3 Å². The predicted molar refractivity (Wildman–Crippen MR) is 69.2 cm³/mol. The summed E-state index contributed by atoms with van der Waals surface area (Å²) in [6.07, 6.45) is 2.69. The van der Waals surface area contributed by atoms with Crippen molar-refractivity contribution in [2.45, 2.75) is 18.9 Å². The van der Waals surface area contributed by atoms with Crippen LogP contribution >= 0.6 is 11.3 Å². The van der Waals surface area contributed by atoms with Crippen molar-refractivity contribution in [3.05, 3.63) is 16.3 Å². The molecule has 17 heavy (non-hydrogen) atoms. The van der Waals surface area contributed by atoms with Crippen LogP contribution < -0.4 is 5.73 Å². The van der Waals surface area contributed by atoms with E-state index in [-0.39, 0.29) is 5.91 Å². The Kier molecular flexibility index (Phi) is 2.80. The molecule has 1 aromatic rings. The molecule has 2 N–H and O–H groups in total.